The van der Waals surface area contributed by atoms with Crippen molar-refractivity contribution < 1.29 is 4.79 Å². The fraction of sp³-hybridized carbons (Fsp3) is 0.0714. The van der Waals surface area contributed by atoms with Crippen molar-refractivity contribution in [2.45, 2.75) is 6.54 Å². The lowest BCUT2D eigenvalue weighted by atomic mass is 10.2. The first-order valence-corrected chi connectivity index (χ1v) is 7.08. The number of amides is 1. The van der Waals surface area contributed by atoms with Gasteiger partial charge in [0.2, 0.25) is 0 Å². The van der Waals surface area contributed by atoms with Crippen molar-refractivity contribution in [1.29, 1.82) is 0 Å². The van der Waals surface area contributed by atoms with Crippen molar-refractivity contribution in [3.05, 3.63) is 66.9 Å². The maximum absolute atomic E-state index is 12.1. The van der Waals surface area contributed by atoms with Gasteiger partial charge in [0.25, 0.3) is 5.91 Å². The first-order chi connectivity index (χ1) is 10.1. The molecule has 0 aliphatic carbocycles. The number of aromatic amines is 2. The summed E-state index contributed by atoms with van der Waals surface area (Å²) < 4.78 is 0. The molecule has 21 heavy (non-hydrogen) atoms. The van der Waals surface area contributed by atoms with E-state index in [4.69, 9.17) is 0 Å². The van der Waals surface area contributed by atoms with Gasteiger partial charge in [-0.25, -0.2) is 0 Å². The lowest BCUT2D eigenvalue weighted by Gasteiger charge is -2.05. The van der Waals surface area contributed by atoms with Crippen LogP contribution in [0.2, 0.25) is 0 Å². The predicted octanol–water partition coefficient (Wildman–Crippen LogP) is 1.21. The number of hydrogen-bond acceptors (Lipinski definition) is 4. The van der Waals surface area contributed by atoms with E-state index in [1.165, 1.54) is 6.07 Å². The first-order valence-electron chi connectivity index (χ1n) is 6.20. The molecule has 3 N–H and O–H groups in total. The Morgan fingerprint density at radius 1 is 1.10 bits per heavy atom. The molecule has 0 atom stereocenters. The number of thiophene rings is 1. The highest BCUT2D eigenvalue weighted by Gasteiger charge is 2.08. The quantitative estimate of drug-likeness (QED) is 0.635. The lowest BCUT2D eigenvalue weighted by molar-refractivity contribution is 0.0951. The van der Waals surface area contributed by atoms with Crippen molar-refractivity contribution >= 4 is 28.3 Å². The van der Waals surface area contributed by atoms with Gasteiger partial charge in [-0.1, -0.05) is 6.07 Å². The van der Waals surface area contributed by atoms with Crippen molar-refractivity contribution in [2.24, 2.45) is 0 Å². The fourth-order valence-electron chi connectivity index (χ4n) is 1.94. The van der Waals surface area contributed by atoms with Gasteiger partial charge in [0.1, 0.15) is 0 Å². The van der Waals surface area contributed by atoms with Gasteiger partial charge in [-0.3, -0.25) is 14.4 Å². The molecule has 0 aliphatic rings. The molecule has 0 saturated carbocycles. The van der Waals surface area contributed by atoms with E-state index in [2.05, 4.69) is 15.3 Å². The average Bonchev–Trinajstić information content (AvgIpc) is 2.99. The van der Waals surface area contributed by atoms with Gasteiger partial charge in [-0.05, 0) is 29.6 Å². The second kappa shape index (κ2) is 5.37. The summed E-state index contributed by atoms with van der Waals surface area (Å²) in [5.41, 5.74) is -0.129. The summed E-state index contributed by atoms with van der Waals surface area (Å²) in [6.45, 7) is 0.455. The number of aromatic nitrogens is 2. The molecule has 7 heteroatoms. The minimum absolute atomic E-state index is 0.239. The molecule has 0 unspecified atom stereocenters. The zero-order chi connectivity index (χ0) is 14.8. The van der Waals surface area contributed by atoms with Crippen LogP contribution in [0.3, 0.4) is 0 Å². The molecule has 3 rings (SSSR count). The summed E-state index contributed by atoms with van der Waals surface area (Å²) in [5.74, 6) is -0.239. The molecule has 0 spiro atoms. The fourth-order valence-corrected chi connectivity index (χ4v) is 2.58. The summed E-state index contributed by atoms with van der Waals surface area (Å²) in [6, 6.07) is 8.58. The molecule has 2 heterocycles. The highest BCUT2D eigenvalue weighted by Crippen LogP contribution is 2.11. The van der Waals surface area contributed by atoms with Crippen LogP contribution in [-0.2, 0) is 6.54 Å². The lowest BCUT2D eigenvalue weighted by Crippen LogP contribution is -2.29. The Balaban J connectivity index is 1.86. The van der Waals surface area contributed by atoms with E-state index < -0.39 is 11.1 Å². The number of H-pyrrole nitrogens is 2. The molecule has 0 aliphatic heterocycles. The zero-order valence-electron chi connectivity index (χ0n) is 10.8. The van der Waals surface area contributed by atoms with E-state index >= 15 is 0 Å². The van der Waals surface area contributed by atoms with Crippen molar-refractivity contribution in [2.75, 3.05) is 0 Å². The Morgan fingerprint density at radius 2 is 1.86 bits per heavy atom. The van der Waals surface area contributed by atoms with Gasteiger partial charge >= 0.3 is 11.1 Å². The van der Waals surface area contributed by atoms with Crippen LogP contribution >= 0.6 is 11.3 Å². The third-order valence-electron chi connectivity index (χ3n) is 2.99. The van der Waals surface area contributed by atoms with Gasteiger partial charge < -0.3 is 15.3 Å². The molecule has 0 radical (unpaired) electrons. The number of benzene rings is 1. The minimum Gasteiger partial charge on any atom is -0.347 e. The Morgan fingerprint density at radius 3 is 2.57 bits per heavy atom. The maximum Gasteiger partial charge on any atom is 0.314 e. The molecule has 1 aromatic carbocycles. The molecule has 0 saturated heterocycles. The summed E-state index contributed by atoms with van der Waals surface area (Å²) in [5, 5.41) is 4.74. The summed E-state index contributed by atoms with van der Waals surface area (Å²) >= 11 is 1.56. The Hall–Kier alpha value is -2.67. The molecule has 0 bridgehead atoms. The number of rotatable bonds is 3. The van der Waals surface area contributed by atoms with E-state index in [0.717, 1.165) is 4.88 Å². The van der Waals surface area contributed by atoms with Crippen LogP contribution in [0.15, 0.2) is 45.3 Å². The molecule has 0 fully saturated rings. The summed E-state index contributed by atoms with van der Waals surface area (Å²) in [6.07, 6.45) is 0. The second-order valence-electron chi connectivity index (χ2n) is 4.43. The predicted molar refractivity (Wildman–Crippen MR) is 80.7 cm³/mol. The molecule has 3 aromatic rings. The smallest absolute Gasteiger partial charge is 0.314 e. The zero-order valence-corrected chi connectivity index (χ0v) is 11.6. The number of fused-ring (bicyclic) bond motifs is 1. The van der Waals surface area contributed by atoms with Crippen LogP contribution in [0.5, 0.6) is 0 Å². The standard InChI is InChI=1S/C14H11N3O3S/c18-12(15-7-9-2-1-5-21-9)8-3-4-10-11(6-8)17-14(20)13(19)16-10/h1-6H,7H2,(H,15,18)(H,16,19)(H,17,20). The normalized spacial score (nSPS) is 10.7. The van der Waals surface area contributed by atoms with E-state index in [-0.39, 0.29) is 5.91 Å². The highest BCUT2D eigenvalue weighted by molar-refractivity contribution is 7.09. The van der Waals surface area contributed by atoms with Crippen molar-refractivity contribution in [3.63, 3.8) is 0 Å². The molecule has 2 aromatic heterocycles. The maximum atomic E-state index is 12.1. The summed E-state index contributed by atoms with van der Waals surface area (Å²) in [7, 11) is 0. The van der Waals surface area contributed by atoms with Crippen LogP contribution in [0, 0.1) is 0 Å². The second-order valence-corrected chi connectivity index (χ2v) is 5.46. The number of nitrogens with one attached hydrogen (secondary N) is 3. The van der Waals surface area contributed by atoms with Gasteiger partial charge in [0.05, 0.1) is 17.6 Å². The summed E-state index contributed by atoms with van der Waals surface area (Å²) in [4.78, 5) is 40.5. The minimum atomic E-state index is -0.737. The molecular weight excluding hydrogens is 290 g/mol. The monoisotopic (exact) mass is 301 g/mol. The third kappa shape index (κ3) is 2.77. The topological polar surface area (TPSA) is 94.8 Å². The third-order valence-corrected chi connectivity index (χ3v) is 3.86. The van der Waals surface area contributed by atoms with Crippen LogP contribution < -0.4 is 16.4 Å². The van der Waals surface area contributed by atoms with Gasteiger partial charge in [-0.2, -0.15) is 0 Å². The Bertz CT molecular complexity index is 909. The Kier molecular flexibility index (Phi) is 3.41. The van der Waals surface area contributed by atoms with E-state index in [0.29, 0.717) is 23.1 Å². The number of carbonyl (C=O) groups is 1. The van der Waals surface area contributed by atoms with Crippen LogP contribution in [-0.4, -0.2) is 15.9 Å². The Labute approximate surface area is 122 Å². The van der Waals surface area contributed by atoms with E-state index in [9.17, 15) is 14.4 Å². The van der Waals surface area contributed by atoms with Crippen LogP contribution in [0.4, 0.5) is 0 Å². The molecule has 6 nitrogen and oxygen atoms in total. The van der Waals surface area contributed by atoms with Crippen molar-refractivity contribution in [3.8, 4) is 0 Å². The van der Waals surface area contributed by atoms with Crippen LogP contribution in [0.25, 0.3) is 11.0 Å². The van der Waals surface area contributed by atoms with E-state index in [1.54, 1.807) is 23.5 Å². The molecule has 1 amide bonds. The first kappa shape index (κ1) is 13.3. The van der Waals surface area contributed by atoms with Crippen molar-refractivity contribution in [1.82, 2.24) is 15.3 Å². The van der Waals surface area contributed by atoms with Gasteiger partial charge in [0, 0.05) is 10.4 Å². The molecular formula is C14H11N3O3S. The van der Waals surface area contributed by atoms with Gasteiger partial charge in [0.15, 0.2) is 0 Å². The molecule has 106 valence electrons. The largest absolute Gasteiger partial charge is 0.347 e. The van der Waals surface area contributed by atoms with Gasteiger partial charge in [-0.15, -0.1) is 11.3 Å². The van der Waals surface area contributed by atoms with E-state index in [1.807, 2.05) is 17.5 Å². The van der Waals surface area contributed by atoms with Crippen LogP contribution in [0.1, 0.15) is 15.2 Å². The number of carbonyl (C=O) groups excluding carboxylic acids is 1. The number of hydrogen-bond donors (Lipinski definition) is 3. The average molecular weight is 301 g/mol. The highest BCUT2D eigenvalue weighted by atomic mass is 32.1. The SMILES string of the molecule is O=C(NCc1cccs1)c1ccc2[nH]c(=O)c(=O)[nH]c2c1.